The van der Waals surface area contributed by atoms with Gasteiger partial charge in [0.15, 0.2) is 17.5 Å². The van der Waals surface area contributed by atoms with E-state index in [0.717, 1.165) is 0 Å². The van der Waals surface area contributed by atoms with Gasteiger partial charge in [0.1, 0.15) is 12.6 Å². The third-order valence-electron chi connectivity index (χ3n) is 3.05. The van der Waals surface area contributed by atoms with Crippen molar-refractivity contribution in [1.29, 1.82) is 0 Å². The molecule has 134 valence electrons. The van der Waals surface area contributed by atoms with E-state index >= 15 is 0 Å². The minimum atomic E-state index is -0.104. The largest absolute Gasteiger partial charge is 0.493 e. The maximum atomic E-state index is 11.5. The lowest BCUT2D eigenvalue weighted by Crippen LogP contribution is -2.42. The number of methoxy groups -OCH3 is 1. The summed E-state index contributed by atoms with van der Waals surface area (Å²) in [6.45, 7) is 7.74. The molecule has 0 saturated heterocycles. The fourth-order valence-electron chi connectivity index (χ4n) is 1.96. The molecular weight excluding hydrogens is 308 g/mol. The van der Waals surface area contributed by atoms with Crippen molar-refractivity contribution < 1.29 is 14.3 Å². The molecule has 3 N–H and O–H groups in total. The number of para-hydroxylation sites is 2. The van der Waals surface area contributed by atoms with Gasteiger partial charge in [0.25, 0.3) is 0 Å². The van der Waals surface area contributed by atoms with Crippen molar-refractivity contribution in [3.8, 4) is 11.5 Å². The van der Waals surface area contributed by atoms with Crippen LogP contribution in [0, 0.1) is 0 Å². The first-order valence-corrected chi connectivity index (χ1v) is 8.19. The number of nitrogens with zero attached hydrogens (tertiary/aromatic N) is 1. The van der Waals surface area contributed by atoms with E-state index in [-0.39, 0.29) is 18.6 Å². The summed E-state index contributed by atoms with van der Waals surface area (Å²) in [6.07, 6.45) is -0.102. The van der Waals surface area contributed by atoms with Crippen LogP contribution in [0.25, 0.3) is 0 Å². The molecule has 1 unspecified atom stereocenters. The fraction of sp³-hybridized carbons (Fsp3) is 0.529. The van der Waals surface area contributed by atoms with E-state index in [9.17, 15) is 4.79 Å². The molecule has 7 nitrogen and oxygen atoms in total. The van der Waals surface area contributed by atoms with Crippen LogP contribution in [0.15, 0.2) is 29.3 Å². The zero-order chi connectivity index (χ0) is 17.8. The summed E-state index contributed by atoms with van der Waals surface area (Å²) in [7, 11) is 1.61. The third-order valence-corrected chi connectivity index (χ3v) is 3.05. The lowest BCUT2D eigenvalue weighted by Gasteiger charge is -2.19. The molecule has 0 aliphatic rings. The predicted molar refractivity (Wildman–Crippen MR) is 95.7 cm³/mol. The Morgan fingerprint density at radius 1 is 1.12 bits per heavy atom. The smallest absolute Gasteiger partial charge is 0.241 e. The van der Waals surface area contributed by atoms with Gasteiger partial charge in [-0.25, -0.2) is 4.99 Å². The number of carbonyl (C=O) groups is 1. The standard InChI is InChI=1S/C17H28N4O3/c1-5-18-16(22)12-21-17(19-6-2)20-11-13(3)24-15-10-8-7-9-14(15)23-4/h7-10,13H,5-6,11-12H2,1-4H3,(H,18,22)(H2,19,20,21). The number of amides is 1. The summed E-state index contributed by atoms with van der Waals surface area (Å²) in [6, 6.07) is 7.51. The van der Waals surface area contributed by atoms with Crippen molar-refractivity contribution in [3.05, 3.63) is 24.3 Å². The summed E-state index contributed by atoms with van der Waals surface area (Å²) in [5.41, 5.74) is 0. The number of aliphatic imine (C=N–C) groups is 1. The van der Waals surface area contributed by atoms with E-state index in [1.54, 1.807) is 7.11 Å². The van der Waals surface area contributed by atoms with Gasteiger partial charge in [0.2, 0.25) is 5.91 Å². The number of rotatable bonds is 9. The second-order valence-corrected chi connectivity index (χ2v) is 5.11. The van der Waals surface area contributed by atoms with E-state index in [1.807, 2.05) is 45.0 Å². The van der Waals surface area contributed by atoms with Crippen molar-refractivity contribution in [3.63, 3.8) is 0 Å². The molecule has 0 saturated carbocycles. The topological polar surface area (TPSA) is 84.0 Å². The SMILES string of the molecule is CCNC(=O)CN=C(NCC)NCC(C)Oc1ccccc1OC. The van der Waals surface area contributed by atoms with Gasteiger partial charge in [-0.05, 0) is 32.9 Å². The summed E-state index contributed by atoms with van der Waals surface area (Å²) in [4.78, 5) is 15.7. The second-order valence-electron chi connectivity index (χ2n) is 5.11. The lowest BCUT2D eigenvalue weighted by atomic mass is 10.3. The van der Waals surface area contributed by atoms with Gasteiger partial charge in [0, 0.05) is 13.1 Å². The normalized spacial score (nSPS) is 12.2. The van der Waals surface area contributed by atoms with Crippen LogP contribution in [-0.2, 0) is 4.79 Å². The number of guanidine groups is 1. The maximum absolute atomic E-state index is 11.5. The van der Waals surface area contributed by atoms with Crippen molar-refractivity contribution >= 4 is 11.9 Å². The molecule has 7 heteroatoms. The third kappa shape index (κ3) is 7.21. The minimum Gasteiger partial charge on any atom is -0.493 e. The van der Waals surface area contributed by atoms with Gasteiger partial charge in [-0.2, -0.15) is 0 Å². The Labute approximate surface area is 143 Å². The summed E-state index contributed by atoms with van der Waals surface area (Å²) < 4.78 is 11.2. The van der Waals surface area contributed by atoms with Crippen LogP contribution >= 0.6 is 0 Å². The van der Waals surface area contributed by atoms with Gasteiger partial charge in [-0.1, -0.05) is 12.1 Å². The zero-order valence-corrected chi connectivity index (χ0v) is 14.9. The highest BCUT2D eigenvalue weighted by atomic mass is 16.5. The Morgan fingerprint density at radius 2 is 1.79 bits per heavy atom. The zero-order valence-electron chi connectivity index (χ0n) is 14.9. The van der Waals surface area contributed by atoms with Crippen molar-refractivity contribution in [2.45, 2.75) is 26.9 Å². The first-order chi connectivity index (χ1) is 11.6. The first kappa shape index (κ1) is 19.6. The molecule has 1 aromatic rings. The highest BCUT2D eigenvalue weighted by Gasteiger charge is 2.09. The molecule has 0 aromatic heterocycles. The molecule has 0 spiro atoms. The first-order valence-electron chi connectivity index (χ1n) is 8.19. The molecule has 24 heavy (non-hydrogen) atoms. The van der Waals surface area contributed by atoms with Crippen molar-refractivity contribution in [2.24, 2.45) is 4.99 Å². The van der Waals surface area contributed by atoms with Gasteiger partial charge in [-0.15, -0.1) is 0 Å². The maximum Gasteiger partial charge on any atom is 0.241 e. The highest BCUT2D eigenvalue weighted by molar-refractivity contribution is 5.84. The number of hydrogen-bond donors (Lipinski definition) is 3. The van der Waals surface area contributed by atoms with E-state index in [0.29, 0.717) is 37.1 Å². The Morgan fingerprint density at radius 3 is 2.42 bits per heavy atom. The van der Waals surface area contributed by atoms with Crippen molar-refractivity contribution in [2.75, 3.05) is 33.3 Å². The number of ether oxygens (including phenoxy) is 2. The van der Waals surface area contributed by atoms with Crippen molar-refractivity contribution in [1.82, 2.24) is 16.0 Å². The van der Waals surface area contributed by atoms with E-state index in [2.05, 4.69) is 20.9 Å². The monoisotopic (exact) mass is 336 g/mol. The van der Waals surface area contributed by atoms with Crippen LogP contribution in [0.1, 0.15) is 20.8 Å². The molecule has 0 aliphatic heterocycles. The summed E-state index contributed by atoms with van der Waals surface area (Å²) in [5.74, 6) is 1.87. The molecular formula is C17H28N4O3. The number of likely N-dealkylation sites (N-methyl/N-ethyl adjacent to an activating group) is 1. The van der Waals surface area contributed by atoms with Crippen LogP contribution < -0.4 is 25.4 Å². The predicted octanol–water partition coefficient (Wildman–Crippen LogP) is 1.15. The van der Waals surface area contributed by atoms with Crippen LogP contribution in [0.2, 0.25) is 0 Å². The number of hydrogen-bond acceptors (Lipinski definition) is 4. The Bertz CT molecular complexity index is 534. The minimum absolute atomic E-state index is 0.0882. The van der Waals surface area contributed by atoms with Gasteiger partial charge >= 0.3 is 0 Å². The van der Waals surface area contributed by atoms with E-state index < -0.39 is 0 Å². The Hall–Kier alpha value is -2.44. The summed E-state index contributed by atoms with van der Waals surface area (Å²) in [5, 5.41) is 8.98. The second kappa shape index (κ2) is 11.2. The van der Waals surface area contributed by atoms with Gasteiger partial charge < -0.3 is 25.4 Å². The molecule has 0 heterocycles. The molecule has 1 amide bonds. The molecule has 0 fully saturated rings. The number of nitrogens with one attached hydrogen (secondary N) is 3. The quantitative estimate of drug-likeness (QED) is 0.465. The van der Waals surface area contributed by atoms with Crippen LogP contribution in [-0.4, -0.2) is 51.3 Å². The van der Waals surface area contributed by atoms with Crippen LogP contribution in [0.5, 0.6) is 11.5 Å². The molecule has 0 radical (unpaired) electrons. The number of benzene rings is 1. The fourth-order valence-corrected chi connectivity index (χ4v) is 1.96. The van der Waals surface area contributed by atoms with E-state index in [4.69, 9.17) is 9.47 Å². The molecule has 1 rings (SSSR count). The average Bonchev–Trinajstić information content (AvgIpc) is 2.58. The highest BCUT2D eigenvalue weighted by Crippen LogP contribution is 2.26. The van der Waals surface area contributed by atoms with Crippen LogP contribution in [0.4, 0.5) is 0 Å². The van der Waals surface area contributed by atoms with Gasteiger partial charge in [-0.3, -0.25) is 4.79 Å². The van der Waals surface area contributed by atoms with E-state index in [1.165, 1.54) is 0 Å². The Kier molecular flexibility index (Phi) is 9.11. The lowest BCUT2D eigenvalue weighted by molar-refractivity contribution is -0.119. The molecule has 1 atom stereocenters. The number of carbonyl (C=O) groups excluding carboxylic acids is 1. The average molecular weight is 336 g/mol. The van der Waals surface area contributed by atoms with Gasteiger partial charge in [0.05, 0.1) is 13.7 Å². The van der Waals surface area contributed by atoms with Crippen LogP contribution in [0.3, 0.4) is 0 Å². The summed E-state index contributed by atoms with van der Waals surface area (Å²) >= 11 is 0. The Balaban J connectivity index is 2.53. The molecule has 0 bridgehead atoms. The molecule has 1 aromatic carbocycles. The molecule has 0 aliphatic carbocycles.